The molecule has 3 rings (SSSR count). The monoisotopic (exact) mass is 305 g/mol. The van der Waals surface area contributed by atoms with Crippen LogP contribution in [-0.4, -0.2) is 11.7 Å². The van der Waals surface area contributed by atoms with Crippen molar-refractivity contribution in [3.8, 4) is 0 Å². The highest BCUT2D eigenvalue weighted by Gasteiger charge is 2.35. The summed E-state index contributed by atoms with van der Waals surface area (Å²) in [5.41, 5.74) is 1.05. The first-order valence-electron chi connectivity index (χ1n) is 6.33. The molecule has 5 heteroatoms. The first kappa shape index (κ1) is 13.3. The van der Waals surface area contributed by atoms with Gasteiger partial charge in [0, 0.05) is 14.8 Å². The standard InChI is InChI=1S/C15H12ClNO2S/c1-2-10-4-5-11(20-10)8-17-13-6-3-9(16)7-12(13)14(18)15(17)19/h3-7H,2,8H2,1H3. The summed E-state index contributed by atoms with van der Waals surface area (Å²) in [7, 11) is 0. The van der Waals surface area contributed by atoms with E-state index in [2.05, 4.69) is 13.0 Å². The Kier molecular flexibility index (Phi) is 3.36. The molecule has 0 saturated heterocycles. The van der Waals surface area contributed by atoms with E-state index in [1.165, 1.54) is 9.78 Å². The minimum absolute atomic E-state index is 0.398. The summed E-state index contributed by atoms with van der Waals surface area (Å²) in [6, 6.07) is 9.06. The molecule has 1 aromatic carbocycles. The molecule has 1 aliphatic rings. The number of ketones is 1. The van der Waals surface area contributed by atoms with Crippen LogP contribution in [0.3, 0.4) is 0 Å². The van der Waals surface area contributed by atoms with E-state index < -0.39 is 11.7 Å². The Balaban J connectivity index is 1.95. The molecule has 0 bridgehead atoms. The zero-order valence-corrected chi connectivity index (χ0v) is 12.4. The SMILES string of the molecule is CCc1ccc(CN2C(=O)C(=O)c3cc(Cl)ccc32)s1. The van der Waals surface area contributed by atoms with Crippen LogP contribution in [0.4, 0.5) is 5.69 Å². The van der Waals surface area contributed by atoms with E-state index in [1.54, 1.807) is 29.5 Å². The fourth-order valence-electron chi connectivity index (χ4n) is 2.28. The van der Waals surface area contributed by atoms with Gasteiger partial charge in [0.15, 0.2) is 0 Å². The summed E-state index contributed by atoms with van der Waals surface area (Å²) in [4.78, 5) is 27.9. The number of fused-ring (bicyclic) bond motifs is 1. The van der Waals surface area contributed by atoms with Crippen molar-refractivity contribution in [1.29, 1.82) is 0 Å². The number of rotatable bonds is 3. The molecule has 2 heterocycles. The molecule has 0 aliphatic carbocycles. The number of carbonyl (C=O) groups excluding carboxylic acids is 2. The van der Waals surface area contributed by atoms with E-state index >= 15 is 0 Å². The number of halogens is 1. The minimum Gasteiger partial charge on any atom is -0.300 e. The van der Waals surface area contributed by atoms with Crippen LogP contribution in [0.1, 0.15) is 27.0 Å². The van der Waals surface area contributed by atoms with Crippen molar-refractivity contribution < 1.29 is 9.59 Å². The number of benzene rings is 1. The maximum absolute atomic E-state index is 12.1. The Hall–Kier alpha value is -1.65. The number of hydrogen-bond acceptors (Lipinski definition) is 3. The third-order valence-corrected chi connectivity index (χ3v) is 4.76. The van der Waals surface area contributed by atoms with Crippen LogP contribution in [-0.2, 0) is 17.8 Å². The molecule has 3 nitrogen and oxygen atoms in total. The Morgan fingerprint density at radius 2 is 1.90 bits per heavy atom. The lowest BCUT2D eigenvalue weighted by Crippen LogP contribution is -2.28. The van der Waals surface area contributed by atoms with Crippen LogP contribution in [0.25, 0.3) is 0 Å². The van der Waals surface area contributed by atoms with Crippen molar-refractivity contribution in [3.05, 3.63) is 50.7 Å². The molecule has 102 valence electrons. The molecule has 0 N–H and O–H groups in total. The van der Waals surface area contributed by atoms with Crippen molar-refractivity contribution >= 4 is 40.3 Å². The van der Waals surface area contributed by atoms with Gasteiger partial charge in [-0.1, -0.05) is 18.5 Å². The molecule has 1 amide bonds. The second kappa shape index (κ2) is 5.04. The first-order chi connectivity index (χ1) is 9.60. The molecule has 0 saturated carbocycles. The topological polar surface area (TPSA) is 37.4 Å². The normalized spacial score (nSPS) is 14.0. The third-order valence-electron chi connectivity index (χ3n) is 3.31. The number of anilines is 1. The van der Waals surface area contributed by atoms with Gasteiger partial charge >= 0.3 is 0 Å². The summed E-state index contributed by atoms with van der Waals surface area (Å²) in [5, 5.41) is 0.469. The molecule has 0 unspecified atom stereocenters. The van der Waals surface area contributed by atoms with E-state index in [0.29, 0.717) is 22.8 Å². The minimum atomic E-state index is -0.478. The highest BCUT2D eigenvalue weighted by atomic mass is 35.5. The van der Waals surface area contributed by atoms with Gasteiger partial charge in [-0.3, -0.25) is 14.5 Å². The second-order valence-corrected chi connectivity index (χ2v) is 6.29. The maximum Gasteiger partial charge on any atom is 0.299 e. The quantitative estimate of drug-likeness (QED) is 0.811. The number of aryl methyl sites for hydroxylation is 1. The van der Waals surface area contributed by atoms with Crippen molar-refractivity contribution in [2.24, 2.45) is 0 Å². The van der Waals surface area contributed by atoms with Crippen molar-refractivity contribution in [2.45, 2.75) is 19.9 Å². The molecule has 20 heavy (non-hydrogen) atoms. The van der Waals surface area contributed by atoms with Gasteiger partial charge in [0.2, 0.25) is 0 Å². The van der Waals surface area contributed by atoms with Crippen molar-refractivity contribution in [2.75, 3.05) is 4.90 Å². The highest BCUT2D eigenvalue weighted by molar-refractivity contribution is 7.12. The zero-order chi connectivity index (χ0) is 14.3. The third kappa shape index (κ3) is 2.15. The predicted molar refractivity (Wildman–Crippen MR) is 80.7 cm³/mol. The summed E-state index contributed by atoms with van der Waals surface area (Å²) < 4.78 is 0. The van der Waals surface area contributed by atoms with Crippen LogP contribution < -0.4 is 4.90 Å². The number of amides is 1. The van der Waals surface area contributed by atoms with Gasteiger partial charge in [0.1, 0.15) is 0 Å². The molecule has 1 aliphatic heterocycles. The smallest absolute Gasteiger partial charge is 0.299 e. The molecule has 0 fully saturated rings. The fraction of sp³-hybridized carbons (Fsp3) is 0.200. The van der Waals surface area contributed by atoms with Gasteiger partial charge in [0.25, 0.3) is 11.7 Å². The average molecular weight is 306 g/mol. The average Bonchev–Trinajstić information content (AvgIpc) is 2.99. The van der Waals surface area contributed by atoms with Crippen LogP contribution >= 0.6 is 22.9 Å². The molecule has 0 atom stereocenters. The number of hydrogen-bond donors (Lipinski definition) is 0. The predicted octanol–water partition coefficient (Wildman–Crippen LogP) is 3.69. The Bertz CT molecular complexity index is 708. The maximum atomic E-state index is 12.1. The first-order valence-corrected chi connectivity index (χ1v) is 7.53. The fourth-order valence-corrected chi connectivity index (χ4v) is 3.40. The molecular weight excluding hydrogens is 294 g/mol. The summed E-state index contributed by atoms with van der Waals surface area (Å²) >= 11 is 7.56. The Labute approximate surface area is 125 Å². The molecule has 2 aromatic rings. The molecule has 0 radical (unpaired) electrons. The Morgan fingerprint density at radius 1 is 1.15 bits per heavy atom. The van der Waals surface area contributed by atoms with Gasteiger partial charge in [-0.15, -0.1) is 11.3 Å². The van der Waals surface area contributed by atoms with Gasteiger partial charge < -0.3 is 0 Å². The second-order valence-electron chi connectivity index (χ2n) is 4.60. The number of Topliss-reactive ketones (excluding diaryl/α,β-unsaturated/α-hetero) is 1. The number of nitrogens with zero attached hydrogens (tertiary/aromatic N) is 1. The zero-order valence-electron chi connectivity index (χ0n) is 10.9. The number of carbonyl (C=O) groups is 2. The van der Waals surface area contributed by atoms with E-state index in [1.807, 2.05) is 6.07 Å². The summed E-state index contributed by atoms with van der Waals surface area (Å²) in [6.45, 7) is 2.53. The van der Waals surface area contributed by atoms with E-state index in [9.17, 15) is 9.59 Å². The van der Waals surface area contributed by atoms with E-state index in [-0.39, 0.29) is 0 Å². The molecular formula is C15H12ClNO2S. The van der Waals surface area contributed by atoms with E-state index in [4.69, 9.17) is 11.6 Å². The number of thiophene rings is 1. The molecule has 1 aromatic heterocycles. The lowest BCUT2D eigenvalue weighted by molar-refractivity contribution is -0.114. The summed E-state index contributed by atoms with van der Waals surface area (Å²) in [5.74, 6) is -0.955. The van der Waals surface area contributed by atoms with Crippen LogP contribution in [0.2, 0.25) is 5.02 Å². The van der Waals surface area contributed by atoms with Gasteiger partial charge in [-0.2, -0.15) is 0 Å². The Morgan fingerprint density at radius 3 is 2.60 bits per heavy atom. The highest BCUT2D eigenvalue weighted by Crippen LogP contribution is 2.33. The van der Waals surface area contributed by atoms with E-state index in [0.717, 1.165) is 11.3 Å². The van der Waals surface area contributed by atoms with Crippen LogP contribution in [0.15, 0.2) is 30.3 Å². The van der Waals surface area contributed by atoms with Crippen LogP contribution in [0.5, 0.6) is 0 Å². The lowest BCUT2D eigenvalue weighted by Gasteiger charge is -2.15. The van der Waals surface area contributed by atoms with Gasteiger partial charge in [-0.25, -0.2) is 0 Å². The van der Waals surface area contributed by atoms with Gasteiger partial charge in [0.05, 0.1) is 17.8 Å². The summed E-state index contributed by atoms with van der Waals surface area (Å²) in [6.07, 6.45) is 0.976. The van der Waals surface area contributed by atoms with Crippen molar-refractivity contribution in [3.63, 3.8) is 0 Å². The van der Waals surface area contributed by atoms with Crippen LogP contribution in [0, 0.1) is 0 Å². The largest absolute Gasteiger partial charge is 0.300 e. The molecule has 0 spiro atoms. The van der Waals surface area contributed by atoms with Crippen molar-refractivity contribution in [1.82, 2.24) is 0 Å². The lowest BCUT2D eigenvalue weighted by atomic mass is 10.1. The van der Waals surface area contributed by atoms with Gasteiger partial charge in [-0.05, 0) is 36.8 Å².